The Morgan fingerprint density at radius 3 is 2.23 bits per heavy atom. The van der Waals surface area contributed by atoms with Gasteiger partial charge >= 0.3 is 0 Å². The van der Waals surface area contributed by atoms with E-state index < -0.39 is 0 Å². The molecule has 0 amide bonds. The zero-order valence-electron chi connectivity index (χ0n) is 15.5. The topological polar surface area (TPSA) is 45.7 Å². The number of nitrogens with zero attached hydrogens (tertiary/aromatic N) is 1. The second kappa shape index (κ2) is 9.97. The van der Waals surface area contributed by atoms with E-state index in [9.17, 15) is 0 Å². The predicted octanol–water partition coefficient (Wildman–Crippen LogP) is 3.55. The average molecular weight is 351 g/mol. The van der Waals surface area contributed by atoms with Gasteiger partial charge in [-0.05, 0) is 30.4 Å². The number of ether oxygens (including phenoxy) is 1. The van der Waals surface area contributed by atoms with Crippen LogP contribution in [0.1, 0.15) is 36.3 Å². The summed E-state index contributed by atoms with van der Waals surface area (Å²) in [5, 5.41) is 6.83. The number of benzene rings is 2. The Kier molecular flexibility index (Phi) is 7.08. The normalized spacial score (nSPS) is 17.5. The SMILES string of the molecule is CN=C(NCCC(c1ccccc1)c1ccccc1)NCC1CCCO1. The van der Waals surface area contributed by atoms with Crippen LogP contribution in [0.3, 0.4) is 0 Å². The molecule has 1 aliphatic heterocycles. The first-order chi connectivity index (χ1) is 12.9. The minimum Gasteiger partial charge on any atom is -0.376 e. The summed E-state index contributed by atoms with van der Waals surface area (Å²) in [7, 11) is 1.82. The second-order valence-corrected chi connectivity index (χ2v) is 6.68. The van der Waals surface area contributed by atoms with Crippen molar-refractivity contribution in [3.05, 3.63) is 71.8 Å². The van der Waals surface area contributed by atoms with Crippen LogP contribution in [-0.2, 0) is 4.74 Å². The molecule has 2 N–H and O–H groups in total. The highest BCUT2D eigenvalue weighted by Crippen LogP contribution is 2.27. The Hall–Kier alpha value is -2.33. The van der Waals surface area contributed by atoms with Crippen molar-refractivity contribution in [2.45, 2.75) is 31.3 Å². The van der Waals surface area contributed by atoms with Crippen molar-refractivity contribution in [3.8, 4) is 0 Å². The van der Waals surface area contributed by atoms with E-state index in [4.69, 9.17) is 4.74 Å². The highest BCUT2D eigenvalue weighted by molar-refractivity contribution is 5.79. The van der Waals surface area contributed by atoms with E-state index in [1.54, 1.807) is 0 Å². The summed E-state index contributed by atoms with van der Waals surface area (Å²) in [6.45, 7) is 2.56. The third kappa shape index (κ3) is 5.33. The van der Waals surface area contributed by atoms with Crippen molar-refractivity contribution in [2.75, 3.05) is 26.7 Å². The summed E-state index contributed by atoms with van der Waals surface area (Å²) >= 11 is 0. The van der Waals surface area contributed by atoms with Crippen LogP contribution < -0.4 is 10.6 Å². The number of aliphatic imine (C=N–C) groups is 1. The molecule has 1 unspecified atom stereocenters. The maximum Gasteiger partial charge on any atom is 0.191 e. The minimum atomic E-state index is 0.315. The van der Waals surface area contributed by atoms with Crippen molar-refractivity contribution in [2.24, 2.45) is 4.99 Å². The number of rotatable bonds is 7. The summed E-state index contributed by atoms with van der Waals surface area (Å²) in [4.78, 5) is 4.33. The molecule has 0 aliphatic carbocycles. The molecule has 4 nitrogen and oxygen atoms in total. The number of hydrogen-bond donors (Lipinski definition) is 2. The number of nitrogens with one attached hydrogen (secondary N) is 2. The first kappa shape index (κ1) is 18.5. The molecule has 1 fully saturated rings. The molecule has 4 heteroatoms. The van der Waals surface area contributed by atoms with E-state index in [1.165, 1.54) is 11.1 Å². The van der Waals surface area contributed by atoms with Crippen molar-refractivity contribution in [3.63, 3.8) is 0 Å². The molecule has 1 atom stereocenters. The van der Waals surface area contributed by atoms with Gasteiger partial charge in [0.1, 0.15) is 0 Å². The van der Waals surface area contributed by atoms with Crippen molar-refractivity contribution in [1.82, 2.24) is 10.6 Å². The molecule has 0 aromatic heterocycles. The van der Waals surface area contributed by atoms with Crippen LogP contribution >= 0.6 is 0 Å². The van der Waals surface area contributed by atoms with E-state index >= 15 is 0 Å². The quantitative estimate of drug-likeness (QED) is 0.592. The van der Waals surface area contributed by atoms with Crippen LogP contribution in [0.15, 0.2) is 65.7 Å². The first-order valence-corrected chi connectivity index (χ1v) is 9.53. The van der Waals surface area contributed by atoms with Crippen LogP contribution in [0, 0.1) is 0 Å². The highest BCUT2D eigenvalue weighted by atomic mass is 16.5. The Morgan fingerprint density at radius 2 is 1.69 bits per heavy atom. The van der Waals surface area contributed by atoms with Gasteiger partial charge in [0.05, 0.1) is 6.10 Å². The van der Waals surface area contributed by atoms with Gasteiger partial charge in [0, 0.05) is 32.7 Å². The Bertz CT molecular complexity index is 627. The predicted molar refractivity (Wildman–Crippen MR) is 108 cm³/mol. The summed E-state index contributed by atoms with van der Waals surface area (Å²) in [6, 6.07) is 21.4. The summed E-state index contributed by atoms with van der Waals surface area (Å²) in [6.07, 6.45) is 3.62. The number of guanidine groups is 1. The first-order valence-electron chi connectivity index (χ1n) is 9.53. The lowest BCUT2D eigenvalue weighted by atomic mass is 9.88. The van der Waals surface area contributed by atoms with Gasteiger partial charge in [0.15, 0.2) is 5.96 Å². The molecule has 2 aromatic carbocycles. The Morgan fingerprint density at radius 1 is 1.04 bits per heavy atom. The van der Waals surface area contributed by atoms with Crippen LogP contribution in [0.25, 0.3) is 0 Å². The monoisotopic (exact) mass is 351 g/mol. The molecule has 1 aliphatic rings. The standard InChI is InChI=1S/C22H29N3O/c1-23-22(25-17-20-13-8-16-26-20)24-15-14-21(18-9-4-2-5-10-18)19-11-6-3-7-12-19/h2-7,9-12,20-21H,8,13-17H2,1H3,(H2,23,24,25). The molecule has 0 radical (unpaired) electrons. The molecule has 1 heterocycles. The van der Waals surface area contributed by atoms with Crippen molar-refractivity contribution in [1.29, 1.82) is 0 Å². The van der Waals surface area contributed by atoms with Crippen LogP contribution in [0.4, 0.5) is 0 Å². The van der Waals surface area contributed by atoms with Crippen LogP contribution in [0.5, 0.6) is 0 Å². The Labute approximate surface area is 156 Å². The van der Waals surface area contributed by atoms with E-state index in [-0.39, 0.29) is 0 Å². The van der Waals surface area contributed by atoms with E-state index in [0.29, 0.717) is 12.0 Å². The van der Waals surface area contributed by atoms with Crippen molar-refractivity contribution < 1.29 is 4.74 Å². The Balaban J connectivity index is 1.55. The average Bonchev–Trinajstić information content (AvgIpc) is 3.22. The second-order valence-electron chi connectivity index (χ2n) is 6.68. The van der Waals surface area contributed by atoms with Crippen LogP contribution in [0.2, 0.25) is 0 Å². The zero-order chi connectivity index (χ0) is 18.0. The van der Waals surface area contributed by atoms with Crippen molar-refractivity contribution >= 4 is 5.96 Å². The molecule has 3 rings (SSSR count). The number of hydrogen-bond acceptors (Lipinski definition) is 2. The van der Waals surface area contributed by atoms with Gasteiger partial charge in [-0.25, -0.2) is 0 Å². The van der Waals surface area contributed by atoms with E-state index in [1.807, 2.05) is 7.05 Å². The van der Waals surface area contributed by atoms with Gasteiger partial charge in [-0.1, -0.05) is 60.7 Å². The maximum absolute atomic E-state index is 5.66. The molecule has 0 bridgehead atoms. The van der Waals surface area contributed by atoms with E-state index in [0.717, 1.165) is 44.9 Å². The smallest absolute Gasteiger partial charge is 0.191 e. The lowest BCUT2D eigenvalue weighted by molar-refractivity contribution is 0.114. The lowest BCUT2D eigenvalue weighted by Gasteiger charge is -2.20. The molecule has 0 spiro atoms. The van der Waals surface area contributed by atoms with Gasteiger partial charge in [0.25, 0.3) is 0 Å². The molecular formula is C22H29N3O. The molecule has 0 saturated carbocycles. The van der Waals surface area contributed by atoms with Crippen LogP contribution in [-0.4, -0.2) is 38.8 Å². The fourth-order valence-electron chi connectivity index (χ4n) is 3.47. The fraction of sp³-hybridized carbons (Fsp3) is 0.409. The molecular weight excluding hydrogens is 322 g/mol. The van der Waals surface area contributed by atoms with Gasteiger partial charge in [0.2, 0.25) is 0 Å². The highest BCUT2D eigenvalue weighted by Gasteiger charge is 2.16. The summed E-state index contributed by atoms with van der Waals surface area (Å²) < 4.78 is 5.66. The van der Waals surface area contributed by atoms with Gasteiger partial charge in [-0.3, -0.25) is 4.99 Å². The van der Waals surface area contributed by atoms with E-state index in [2.05, 4.69) is 76.3 Å². The summed E-state index contributed by atoms with van der Waals surface area (Å²) in [5.41, 5.74) is 2.70. The van der Waals surface area contributed by atoms with Gasteiger partial charge in [-0.15, -0.1) is 0 Å². The third-order valence-corrected chi connectivity index (χ3v) is 4.87. The fourth-order valence-corrected chi connectivity index (χ4v) is 3.47. The lowest BCUT2D eigenvalue weighted by Crippen LogP contribution is -2.41. The maximum atomic E-state index is 5.66. The summed E-state index contributed by atoms with van der Waals surface area (Å²) in [5.74, 6) is 1.22. The van der Waals surface area contributed by atoms with Gasteiger partial charge in [-0.2, -0.15) is 0 Å². The van der Waals surface area contributed by atoms with Gasteiger partial charge < -0.3 is 15.4 Å². The molecule has 138 valence electrons. The molecule has 2 aromatic rings. The third-order valence-electron chi connectivity index (χ3n) is 4.87. The largest absolute Gasteiger partial charge is 0.376 e. The molecule has 1 saturated heterocycles. The minimum absolute atomic E-state index is 0.315. The molecule has 26 heavy (non-hydrogen) atoms. The zero-order valence-corrected chi connectivity index (χ0v) is 15.5.